The molecule has 122 valence electrons. The Morgan fingerprint density at radius 2 is 2.08 bits per heavy atom. The van der Waals surface area contributed by atoms with Crippen LogP contribution in [0.15, 0.2) is 53.8 Å². The summed E-state index contributed by atoms with van der Waals surface area (Å²) in [7, 11) is 1.71. The van der Waals surface area contributed by atoms with Gasteiger partial charge in [-0.1, -0.05) is 18.2 Å². The van der Waals surface area contributed by atoms with Crippen LogP contribution in [0.3, 0.4) is 0 Å². The van der Waals surface area contributed by atoms with Gasteiger partial charge in [0, 0.05) is 26.0 Å². The van der Waals surface area contributed by atoms with Crippen LogP contribution in [-0.2, 0) is 17.9 Å². The molecule has 24 heavy (non-hydrogen) atoms. The van der Waals surface area contributed by atoms with Gasteiger partial charge in [-0.15, -0.1) is 0 Å². The van der Waals surface area contributed by atoms with Crippen molar-refractivity contribution >= 4 is 16.8 Å². The van der Waals surface area contributed by atoms with Crippen molar-refractivity contribution in [2.75, 3.05) is 7.05 Å². The van der Waals surface area contributed by atoms with Gasteiger partial charge in [-0.25, -0.2) is 4.98 Å². The van der Waals surface area contributed by atoms with Gasteiger partial charge in [0.05, 0.1) is 17.2 Å². The van der Waals surface area contributed by atoms with E-state index in [-0.39, 0.29) is 18.0 Å². The molecule has 2 heterocycles. The maximum Gasteiger partial charge on any atom is 0.261 e. The molecule has 0 aliphatic carbocycles. The van der Waals surface area contributed by atoms with Gasteiger partial charge < -0.3 is 4.90 Å². The summed E-state index contributed by atoms with van der Waals surface area (Å²) in [4.78, 5) is 34.9. The smallest absolute Gasteiger partial charge is 0.261 e. The lowest BCUT2D eigenvalue weighted by Crippen LogP contribution is -2.33. The minimum Gasteiger partial charge on any atom is -0.340 e. The van der Waals surface area contributed by atoms with Crippen LogP contribution in [0.1, 0.15) is 11.1 Å². The molecule has 0 radical (unpaired) electrons. The largest absolute Gasteiger partial charge is 0.340 e. The number of amides is 1. The highest BCUT2D eigenvalue weighted by atomic mass is 16.2. The molecule has 3 aromatic rings. The van der Waals surface area contributed by atoms with Crippen LogP contribution in [-0.4, -0.2) is 32.4 Å². The summed E-state index contributed by atoms with van der Waals surface area (Å²) in [6.07, 6.45) is 4.84. The average molecular weight is 322 g/mol. The normalized spacial score (nSPS) is 10.8. The van der Waals surface area contributed by atoms with E-state index in [4.69, 9.17) is 0 Å². The van der Waals surface area contributed by atoms with E-state index in [1.54, 1.807) is 30.4 Å². The standard InChI is InChI=1S/C18H18N4O2/c1-13-5-3-7-15-17(13)20-12-22(18(15)24)11-16(23)21(2)10-14-6-4-8-19-9-14/h3-9,12H,10-11H2,1-2H3. The van der Waals surface area contributed by atoms with Gasteiger partial charge in [-0.2, -0.15) is 0 Å². The van der Waals surface area contributed by atoms with Crippen LogP contribution in [0.2, 0.25) is 0 Å². The highest BCUT2D eigenvalue weighted by Gasteiger charge is 2.13. The zero-order valence-corrected chi connectivity index (χ0v) is 13.6. The van der Waals surface area contributed by atoms with Crippen molar-refractivity contribution in [1.29, 1.82) is 0 Å². The summed E-state index contributed by atoms with van der Waals surface area (Å²) in [6.45, 7) is 2.32. The first-order chi connectivity index (χ1) is 11.6. The second-order valence-corrected chi connectivity index (χ2v) is 5.76. The van der Waals surface area contributed by atoms with Gasteiger partial charge in [0.15, 0.2) is 0 Å². The summed E-state index contributed by atoms with van der Waals surface area (Å²) in [5.41, 5.74) is 2.35. The van der Waals surface area contributed by atoms with Gasteiger partial charge in [0.1, 0.15) is 6.54 Å². The number of pyridine rings is 1. The quantitative estimate of drug-likeness (QED) is 0.734. The molecule has 3 rings (SSSR count). The van der Waals surface area contributed by atoms with Crippen molar-refractivity contribution in [1.82, 2.24) is 19.4 Å². The maximum absolute atomic E-state index is 12.5. The van der Waals surface area contributed by atoms with Crippen LogP contribution < -0.4 is 5.56 Å². The van der Waals surface area contributed by atoms with Gasteiger partial charge in [-0.05, 0) is 30.2 Å². The van der Waals surface area contributed by atoms with E-state index in [1.165, 1.54) is 10.9 Å². The highest BCUT2D eigenvalue weighted by Crippen LogP contribution is 2.11. The van der Waals surface area contributed by atoms with E-state index in [9.17, 15) is 9.59 Å². The molecule has 0 bridgehead atoms. The number of fused-ring (bicyclic) bond motifs is 1. The molecule has 1 amide bonds. The maximum atomic E-state index is 12.5. The van der Waals surface area contributed by atoms with E-state index >= 15 is 0 Å². The minimum atomic E-state index is -0.202. The van der Waals surface area contributed by atoms with E-state index in [0.717, 1.165) is 11.1 Å². The summed E-state index contributed by atoms with van der Waals surface area (Å²) in [6, 6.07) is 9.20. The molecule has 0 atom stereocenters. The molecule has 0 saturated heterocycles. The number of likely N-dealkylation sites (N-methyl/N-ethyl adjacent to an activating group) is 1. The van der Waals surface area contributed by atoms with E-state index in [2.05, 4.69) is 9.97 Å². The number of carbonyl (C=O) groups excluding carboxylic acids is 1. The fourth-order valence-electron chi connectivity index (χ4n) is 2.57. The van der Waals surface area contributed by atoms with Crippen molar-refractivity contribution < 1.29 is 4.79 Å². The van der Waals surface area contributed by atoms with Crippen LogP contribution in [0, 0.1) is 6.92 Å². The molecular weight excluding hydrogens is 304 g/mol. The molecule has 0 aliphatic heterocycles. The number of para-hydroxylation sites is 1. The van der Waals surface area contributed by atoms with Gasteiger partial charge in [0.25, 0.3) is 5.56 Å². The van der Waals surface area contributed by atoms with E-state index in [1.807, 2.05) is 31.2 Å². The third-order valence-electron chi connectivity index (χ3n) is 3.93. The lowest BCUT2D eigenvalue weighted by molar-refractivity contribution is -0.131. The Bertz CT molecular complexity index is 935. The van der Waals surface area contributed by atoms with Crippen molar-refractivity contribution in [3.05, 3.63) is 70.5 Å². The Morgan fingerprint density at radius 3 is 2.83 bits per heavy atom. The Morgan fingerprint density at radius 1 is 1.25 bits per heavy atom. The second-order valence-electron chi connectivity index (χ2n) is 5.76. The number of hydrogen-bond donors (Lipinski definition) is 0. The Kier molecular flexibility index (Phi) is 4.37. The first kappa shape index (κ1) is 15.9. The fourth-order valence-corrected chi connectivity index (χ4v) is 2.57. The summed E-state index contributed by atoms with van der Waals surface area (Å²) in [5.74, 6) is -0.158. The molecular formula is C18H18N4O2. The van der Waals surface area contributed by atoms with Crippen LogP contribution >= 0.6 is 0 Å². The third-order valence-corrected chi connectivity index (χ3v) is 3.93. The molecule has 6 heteroatoms. The Labute approximate surface area is 139 Å². The number of benzene rings is 1. The van der Waals surface area contributed by atoms with Crippen LogP contribution in [0.4, 0.5) is 0 Å². The first-order valence-corrected chi connectivity index (χ1v) is 7.64. The van der Waals surface area contributed by atoms with Crippen LogP contribution in [0.5, 0.6) is 0 Å². The summed E-state index contributed by atoms with van der Waals surface area (Å²) < 4.78 is 1.35. The third kappa shape index (κ3) is 3.17. The lowest BCUT2D eigenvalue weighted by Gasteiger charge is -2.17. The molecule has 0 spiro atoms. The number of hydrogen-bond acceptors (Lipinski definition) is 4. The fraction of sp³-hybridized carbons (Fsp3) is 0.222. The predicted octanol–water partition coefficient (Wildman–Crippen LogP) is 1.76. The van der Waals surface area contributed by atoms with Crippen molar-refractivity contribution in [3.8, 4) is 0 Å². The van der Waals surface area contributed by atoms with Crippen LogP contribution in [0.25, 0.3) is 10.9 Å². The number of aryl methyl sites for hydroxylation is 1. The summed E-state index contributed by atoms with van der Waals surface area (Å²) >= 11 is 0. The van der Waals surface area contributed by atoms with Gasteiger partial charge >= 0.3 is 0 Å². The minimum absolute atomic E-state index is 0.0352. The van der Waals surface area contributed by atoms with Gasteiger partial charge in [-0.3, -0.25) is 19.1 Å². The summed E-state index contributed by atoms with van der Waals surface area (Å²) in [5, 5.41) is 0.528. The topological polar surface area (TPSA) is 68.1 Å². The van der Waals surface area contributed by atoms with Gasteiger partial charge in [0.2, 0.25) is 5.91 Å². The molecule has 2 aromatic heterocycles. The molecule has 0 fully saturated rings. The highest BCUT2D eigenvalue weighted by molar-refractivity contribution is 5.81. The van der Waals surface area contributed by atoms with Crippen molar-refractivity contribution in [3.63, 3.8) is 0 Å². The van der Waals surface area contributed by atoms with E-state index < -0.39 is 0 Å². The van der Waals surface area contributed by atoms with Crippen molar-refractivity contribution in [2.45, 2.75) is 20.0 Å². The number of aromatic nitrogens is 3. The molecule has 1 aromatic carbocycles. The molecule has 0 aliphatic rings. The predicted molar refractivity (Wildman–Crippen MR) is 91.5 cm³/mol. The Balaban J connectivity index is 1.80. The van der Waals surface area contributed by atoms with E-state index in [0.29, 0.717) is 17.4 Å². The molecule has 0 saturated carbocycles. The SMILES string of the molecule is Cc1cccc2c(=O)n(CC(=O)N(C)Cc3cccnc3)cnc12. The van der Waals surface area contributed by atoms with Crippen molar-refractivity contribution in [2.24, 2.45) is 0 Å². The number of nitrogens with zero attached hydrogens (tertiary/aromatic N) is 4. The monoisotopic (exact) mass is 322 g/mol. The number of carbonyl (C=O) groups is 1. The lowest BCUT2D eigenvalue weighted by atomic mass is 10.1. The molecule has 0 N–H and O–H groups in total. The first-order valence-electron chi connectivity index (χ1n) is 7.64. The Hall–Kier alpha value is -3.02. The second kappa shape index (κ2) is 6.62. The zero-order valence-electron chi connectivity index (χ0n) is 13.6. The molecule has 0 unspecified atom stereocenters. The number of rotatable bonds is 4. The zero-order chi connectivity index (χ0) is 17.1. The molecule has 6 nitrogen and oxygen atoms in total. The average Bonchev–Trinajstić information content (AvgIpc) is 2.59.